The van der Waals surface area contributed by atoms with Crippen molar-refractivity contribution in [2.45, 2.75) is 25.8 Å². The minimum Gasteiger partial charge on any atom is -0.385 e. The van der Waals surface area contributed by atoms with Gasteiger partial charge in [0.1, 0.15) is 5.82 Å². The second-order valence-corrected chi connectivity index (χ2v) is 6.32. The Morgan fingerprint density at radius 1 is 1.35 bits per heavy atom. The molecule has 0 aliphatic carbocycles. The molecule has 0 radical (unpaired) electrons. The summed E-state index contributed by atoms with van der Waals surface area (Å²) in [6, 6.07) is 6.20. The summed E-state index contributed by atoms with van der Waals surface area (Å²) in [6.07, 6.45) is 3.41. The van der Waals surface area contributed by atoms with Gasteiger partial charge in [-0.15, -0.1) is 0 Å². The van der Waals surface area contributed by atoms with Crippen molar-refractivity contribution in [1.82, 2.24) is 9.88 Å². The summed E-state index contributed by atoms with van der Waals surface area (Å²) in [4.78, 5) is 17.6. The molecule has 0 bridgehead atoms. The highest BCUT2D eigenvalue weighted by Gasteiger charge is 2.19. The number of pyridine rings is 1. The number of nitrogens with one attached hydrogen (secondary N) is 1. The van der Waals surface area contributed by atoms with Crippen LogP contribution in [0.25, 0.3) is 10.9 Å². The van der Waals surface area contributed by atoms with Crippen molar-refractivity contribution in [3.63, 3.8) is 0 Å². The molecule has 1 aromatic heterocycles. The first kappa shape index (κ1) is 16.1. The first-order chi connectivity index (χ1) is 11.2. The number of rotatable bonds is 5. The number of aromatic amines is 1. The van der Waals surface area contributed by atoms with Crippen molar-refractivity contribution < 1.29 is 9.13 Å². The summed E-state index contributed by atoms with van der Waals surface area (Å²) >= 11 is 0. The number of para-hydroxylation sites is 1. The largest absolute Gasteiger partial charge is 0.385 e. The van der Waals surface area contributed by atoms with E-state index in [-0.39, 0.29) is 11.2 Å². The number of piperidine rings is 1. The van der Waals surface area contributed by atoms with Gasteiger partial charge in [-0.2, -0.15) is 0 Å². The molecule has 1 aliphatic heterocycles. The van der Waals surface area contributed by atoms with Crippen molar-refractivity contribution in [1.29, 1.82) is 0 Å². The maximum atomic E-state index is 13.9. The number of hydrogen-bond donors (Lipinski definition) is 1. The van der Waals surface area contributed by atoms with Gasteiger partial charge >= 0.3 is 0 Å². The third-order valence-electron chi connectivity index (χ3n) is 4.70. The number of likely N-dealkylation sites (tertiary alicyclic amines) is 1. The Balaban J connectivity index is 1.68. The van der Waals surface area contributed by atoms with Gasteiger partial charge in [0.05, 0.1) is 5.52 Å². The lowest BCUT2D eigenvalue weighted by atomic mass is 9.94. The fraction of sp³-hybridized carbons (Fsp3) is 0.500. The number of nitrogens with zero attached hydrogens (tertiary/aromatic N) is 1. The maximum absolute atomic E-state index is 13.9. The van der Waals surface area contributed by atoms with E-state index >= 15 is 0 Å². The third kappa shape index (κ3) is 3.79. The van der Waals surface area contributed by atoms with E-state index in [1.54, 1.807) is 25.3 Å². The van der Waals surface area contributed by atoms with Crippen LogP contribution in [-0.4, -0.2) is 36.7 Å². The van der Waals surface area contributed by atoms with Gasteiger partial charge in [-0.3, -0.25) is 9.69 Å². The van der Waals surface area contributed by atoms with Crippen molar-refractivity contribution in [3.8, 4) is 0 Å². The Morgan fingerprint density at radius 3 is 2.87 bits per heavy atom. The zero-order valence-corrected chi connectivity index (χ0v) is 13.5. The van der Waals surface area contributed by atoms with Gasteiger partial charge in [-0.1, -0.05) is 6.07 Å². The van der Waals surface area contributed by atoms with Crippen molar-refractivity contribution in [2.75, 3.05) is 26.8 Å². The van der Waals surface area contributed by atoms with Crippen LogP contribution in [0.3, 0.4) is 0 Å². The van der Waals surface area contributed by atoms with E-state index in [2.05, 4.69) is 9.88 Å². The number of H-pyrrole nitrogens is 1. The second kappa shape index (κ2) is 7.23. The predicted molar refractivity (Wildman–Crippen MR) is 89.0 cm³/mol. The van der Waals surface area contributed by atoms with E-state index in [1.165, 1.54) is 6.07 Å². The lowest BCUT2D eigenvalue weighted by molar-refractivity contribution is 0.131. The highest BCUT2D eigenvalue weighted by molar-refractivity contribution is 5.78. The van der Waals surface area contributed by atoms with Crippen LogP contribution in [0.4, 0.5) is 4.39 Å². The molecule has 0 unspecified atom stereocenters. The number of ether oxygens (including phenoxy) is 1. The van der Waals surface area contributed by atoms with Gasteiger partial charge in [0.2, 0.25) is 0 Å². The van der Waals surface area contributed by atoms with Crippen LogP contribution in [0.15, 0.2) is 29.1 Å². The van der Waals surface area contributed by atoms with Gasteiger partial charge in [0.25, 0.3) is 0 Å². The Kier molecular flexibility index (Phi) is 5.08. The van der Waals surface area contributed by atoms with Crippen molar-refractivity contribution >= 4 is 10.9 Å². The molecule has 2 aromatic rings. The third-order valence-corrected chi connectivity index (χ3v) is 4.70. The first-order valence-corrected chi connectivity index (χ1v) is 8.19. The Labute approximate surface area is 135 Å². The summed E-state index contributed by atoms with van der Waals surface area (Å²) in [5, 5.41) is 0.409. The molecule has 1 aliphatic rings. The lowest BCUT2D eigenvalue weighted by Gasteiger charge is -2.31. The highest BCUT2D eigenvalue weighted by atomic mass is 19.1. The molecular formula is C18H23FN2O2. The minimum atomic E-state index is -0.375. The fourth-order valence-corrected chi connectivity index (χ4v) is 3.33. The van der Waals surface area contributed by atoms with E-state index in [4.69, 9.17) is 4.74 Å². The number of methoxy groups -OCH3 is 1. The maximum Gasteiger partial charge on any atom is 0.189 e. The predicted octanol–water partition coefficient (Wildman–Crippen LogP) is 2.92. The number of fused-ring (bicyclic) bond motifs is 1. The van der Waals surface area contributed by atoms with Crippen LogP contribution >= 0.6 is 0 Å². The Bertz CT molecular complexity index is 721. The normalized spacial score (nSPS) is 17.0. The molecule has 1 fully saturated rings. The summed E-state index contributed by atoms with van der Waals surface area (Å²) in [5.41, 5.74) is 0.969. The topological polar surface area (TPSA) is 45.3 Å². The van der Waals surface area contributed by atoms with E-state index < -0.39 is 0 Å². The summed E-state index contributed by atoms with van der Waals surface area (Å²) < 4.78 is 19.0. The molecule has 4 nitrogen and oxygen atoms in total. The van der Waals surface area contributed by atoms with E-state index in [9.17, 15) is 9.18 Å². The molecule has 2 heterocycles. The smallest absolute Gasteiger partial charge is 0.189 e. The molecule has 0 atom stereocenters. The molecule has 0 saturated carbocycles. The van der Waals surface area contributed by atoms with Gasteiger partial charge in [0.15, 0.2) is 5.43 Å². The monoisotopic (exact) mass is 318 g/mol. The molecule has 23 heavy (non-hydrogen) atoms. The molecule has 0 amide bonds. The average Bonchev–Trinajstić information content (AvgIpc) is 2.55. The van der Waals surface area contributed by atoms with Gasteiger partial charge in [-0.25, -0.2) is 4.39 Å². The number of hydrogen-bond acceptors (Lipinski definition) is 3. The molecule has 1 saturated heterocycles. The summed E-state index contributed by atoms with van der Waals surface area (Å²) in [6.45, 7) is 3.50. The molecule has 5 heteroatoms. The van der Waals surface area contributed by atoms with Crippen LogP contribution in [-0.2, 0) is 11.3 Å². The van der Waals surface area contributed by atoms with Crippen LogP contribution in [0.2, 0.25) is 0 Å². The zero-order valence-electron chi connectivity index (χ0n) is 13.5. The Hall–Kier alpha value is -1.72. The summed E-state index contributed by atoms with van der Waals surface area (Å²) in [5.74, 6) is 0.346. The second-order valence-electron chi connectivity index (χ2n) is 6.32. The minimum absolute atomic E-state index is 0.122. The number of halogens is 1. The molecule has 1 N–H and O–H groups in total. The zero-order chi connectivity index (χ0) is 16.2. The average molecular weight is 318 g/mol. The van der Waals surface area contributed by atoms with Crippen LogP contribution in [0.1, 0.15) is 25.0 Å². The van der Waals surface area contributed by atoms with Crippen LogP contribution in [0, 0.1) is 11.7 Å². The van der Waals surface area contributed by atoms with Gasteiger partial charge in [0, 0.05) is 37.4 Å². The fourth-order valence-electron chi connectivity index (χ4n) is 3.33. The summed E-state index contributed by atoms with van der Waals surface area (Å²) in [7, 11) is 1.74. The standard InChI is InChI=1S/C18H23FN2O2/c1-23-10-7-13-5-8-21(9-6-13)12-14-11-17(22)15-3-2-4-16(19)18(15)20-14/h2-4,11,13H,5-10,12H2,1H3,(H,20,22). The van der Waals surface area contributed by atoms with E-state index in [0.29, 0.717) is 17.4 Å². The molecular weight excluding hydrogens is 295 g/mol. The first-order valence-electron chi connectivity index (χ1n) is 8.19. The van der Waals surface area contributed by atoms with E-state index in [1.807, 2.05) is 0 Å². The molecule has 0 spiro atoms. The van der Waals surface area contributed by atoms with Crippen molar-refractivity contribution in [2.24, 2.45) is 5.92 Å². The SMILES string of the molecule is COCCC1CCN(Cc2cc(=O)c3cccc(F)c3[nH]2)CC1. The van der Waals surface area contributed by atoms with Crippen molar-refractivity contribution in [3.05, 3.63) is 46.0 Å². The van der Waals surface area contributed by atoms with E-state index in [0.717, 1.165) is 50.6 Å². The quantitative estimate of drug-likeness (QED) is 0.922. The molecule has 1 aromatic carbocycles. The van der Waals surface area contributed by atoms with Gasteiger partial charge in [-0.05, 0) is 50.4 Å². The lowest BCUT2D eigenvalue weighted by Crippen LogP contribution is -2.34. The van der Waals surface area contributed by atoms with Crippen LogP contribution < -0.4 is 5.43 Å². The molecule has 3 rings (SSSR count). The Morgan fingerprint density at radius 2 is 2.13 bits per heavy atom. The van der Waals surface area contributed by atoms with Crippen LogP contribution in [0.5, 0.6) is 0 Å². The number of benzene rings is 1. The van der Waals surface area contributed by atoms with Gasteiger partial charge < -0.3 is 9.72 Å². The highest BCUT2D eigenvalue weighted by Crippen LogP contribution is 2.22. The number of aromatic nitrogens is 1. The molecule has 124 valence electrons.